The standard InChI is InChI=1S/C6H7F3O2S/c1-4(7)5(10)11-3-6(8,9)12-2/h1,3H2,2H3. The summed E-state index contributed by atoms with van der Waals surface area (Å²) < 4.78 is 40.3. The van der Waals surface area contributed by atoms with Crippen LogP contribution in [0.15, 0.2) is 12.4 Å². The zero-order chi connectivity index (χ0) is 9.78. The molecule has 0 aromatic heterocycles. The summed E-state index contributed by atoms with van der Waals surface area (Å²) in [6.45, 7) is 1.45. The second-order valence-electron chi connectivity index (χ2n) is 1.82. The predicted molar refractivity (Wildman–Crippen MR) is 39.7 cm³/mol. The van der Waals surface area contributed by atoms with Gasteiger partial charge in [0.05, 0.1) is 0 Å². The highest BCUT2D eigenvalue weighted by Crippen LogP contribution is 2.26. The number of carbonyl (C=O) groups excluding carboxylic acids is 1. The van der Waals surface area contributed by atoms with Crippen molar-refractivity contribution in [1.29, 1.82) is 0 Å². The lowest BCUT2D eigenvalue weighted by atomic mass is 10.6. The van der Waals surface area contributed by atoms with E-state index in [2.05, 4.69) is 11.3 Å². The smallest absolute Gasteiger partial charge is 0.366 e. The van der Waals surface area contributed by atoms with Crippen LogP contribution in [0.25, 0.3) is 0 Å². The van der Waals surface area contributed by atoms with E-state index in [9.17, 15) is 18.0 Å². The zero-order valence-corrected chi connectivity index (χ0v) is 7.09. The largest absolute Gasteiger partial charge is 0.453 e. The van der Waals surface area contributed by atoms with Crippen molar-refractivity contribution in [2.45, 2.75) is 5.25 Å². The molecule has 0 bridgehead atoms. The Hall–Kier alpha value is -0.650. The molecule has 0 rings (SSSR count). The van der Waals surface area contributed by atoms with Crippen LogP contribution in [-0.4, -0.2) is 24.1 Å². The third-order valence-corrected chi connectivity index (χ3v) is 1.61. The minimum absolute atomic E-state index is 0.218. The van der Waals surface area contributed by atoms with Crippen molar-refractivity contribution in [2.75, 3.05) is 12.9 Å². The first-order valence-corrected chi connectivity index (χ1v) is 4.06. The maximum absolute atomic E-state index is 12.3. The Morgan fingerprint density at radius 3 is 2.50 bits per heavy atom. The lowest BCUT2D eigenvalue weighted by Crippen LogP contribution is -2.21. The minimum Gasteiger partial charge on any atom is -0.453 e. The van der Waals surface area contributed by atoms with Gasteiger partial charge in [0.2, 0.25) is 5.83 Å². The number of hydrogen-bond donors (Lipinski definition) is 0. The van der Waals surface area contributed by atoms with Crippen LogP contribution < -0.4 is 0 Å². The molecule has 0 saturated heterocycles. The number of halogens is 3. The van der Waals surface area contributed by atoms with Crippen LogP contribution in [0.3, 0.4) is 0 Å². The molecule has 0 unspecified atom stereocenters. The zero-order valence-electron chi connectivity index (χ0n) is 6.27. The van der Waals surface area contributed by atoms with E-state index in [0.717, 1.165) is 6.26 Å². The molecule has 0 aromatic carbocycles. The van der Waals surface area contributed by atoms with Gasteiger partial charge in [0.1, 0.15) is 0 Å². The van der Waals surface area contributed by atoms with Crippen molar-refractivity contribution in [3.63, 3.8) is 0 Å². The molecule has 0 heterocycles. The number of alkyl halides is 2. The molecule has 0 aromatic rings. The summed E-state index contributed by atoms with van der Waals surface area (Å²) in [6, 6.07) is 0. The number of thioether (sulfide) groups is 1. The van der Waals surface area contributed by atoms with E-state index in [4.69, 9.17) is 0 Å². The molecule has 70 valence electrons. The van der Waals surface area contributed by atoms with Gasteiger partial charge >= 0.3 is 11.2 Å². The molecule has 0 amide bonds. The van der Waals surface area contributed by atoms with Crippen LogP contribution in [0.4, 0.5) is 13.2 Å². The quantitative estimate of drug-likeness (QED) is 0.512. The van der Waals surface area contributed by atoms with Gasteiger partial charge in [0.25, 0.3) is 0 Å². The van der Waals surface area contributed by atoms with Crippen LogP contribution in [0.5, 0.6) is 0 Å². The first-order chi connectivity index (χ1) is 5.39. The maximum atomic E-state index is 12.3. The van der Waals surface area contributed by atoms with Crippen molar-refractivity contribution < 1.29 is 22.7 Å². The summed E-state index contributed by atoms with van der Waals surface area (Å²) in [5, 5.41) is -3.18. The molecule has 0 aliphatic heterocycles. The fourth-order valence-electron chi connectivity index (χ4n) is 0.287. The SMILES string of the molecule is C=C(F)C(=O)OCC(F)(F)SC. The summed E-state index contributed by atoms with van der Waals surface area (Å²) in [6.07, 6.45) is 1.15. The molecule has 0 spiro atoms. The Balaban J connectivity index is 3.83. The highest BCUT2D eigenvalue weighted by molar-refractivity contribution is 7.99. The predicted octanol–water partition coefficient (Wildman–Crippen LogP) is 1.97. The van der Waals surface area contributed by atoms with Gasteiger partial charge < -0.3 is 4.74 Å². The third-order valence-electron chi connectivity index (χ3n) is 0.891. The average Bonchev–Trinajstić information content (AvgIpc) is 2.00. The lowest BCUT2D eigenvalue weighted by molar-refractivity contribution is -0.146. The molecule has 12 heavy (non-hydrogen) atoms. The monoisotopic (exact) mass is 200 g/mol. The van der Waals surface area contributed by atoms with E-state index < -0.39 is 23.7 Å². The van der Waals surface area contributed by atoms with Gasteiger partial charge in [-0.15, -0.1) is 0 Å². The van der Waals surface area contributed by atoms with Crippen molar-refractivity contribution in [2.24, 2.45) is 0 Å². The summed E-state index contributed by atoms with van der Waals surface area (Å²) in [4.78, 5) is 10.3. The summed E-state index contributed by atoms with van der Waals surface area (Å²) in [5.74, 6) is -2.84. The fourth-order valence-corrected chi connectivity index (χ4v) is 0.464. The number of carbonyl (C=O) groups is 1. The molecular weight excluding hydrogens is 193 g/mol. The van der Waals surface area contributed by atoms with Crippen molar-refractivity contribution in [3.8, 4) is 0 Å². The van der Waals surface area contributed by atoms with Gasteiger partial charge in [-0.25, -0.2) is 4.79 Å². The molecule has 0 fully saturated rings. The van der Waals surface area contributed by atoms with E-state index in [1.54, 1.807) is 0 Å². The molecule has 0 atom stereocenters. The van der Waals surface area contributed by atoms with Crippen LogP contribution in [0.2, 0.25) is 0 Å². The topological polar surface area (TPSA) is 26.3 Å². The number of esters is 1. The lowest BCUT2D eigenvalue weighted by Gasteiger charge is -2.12. The first-order valence-electron chi connectivity index (χ1n) is 2.83. The highest BCUT2D eigenvalue weighted by atomic mass is 32.2. The van der Waals surface area contributed by atoms with Gasteiger partial charge in [0.15, 0.2) is 6.61 Å². The second kappa shape index (κ2) is 4.39. The van der Waals surface area contributed by atoms with E-state index in [1.807, 2.05) is 0 Å². The van der Waals surface area contributed by atoms with Crippen molar-refractivity contribution in [3.05, 3.63) is 12.4 Å². The molecule has 0 saturated carbocycles. The Labute approximate surface area is 71.8 Å². The van der Waals surface area contributed by atoms with Crippen LogP contribution in [0.1, 0.15) is 0 Å². The molecule has 6 heteroatoms. The highest BCUT2D eigenvalue weighted by Gasteiger charge is 2.29. The van der Waals surface area contributed by atoms with E-state index in [1.165, 1.54) is 0 Å². The summed E-state index contributed by atoms with van der Waals surface area (Å²) in [5.41, 5.74) is 0. The van der Waals surface area contributed by atoms with Gasteiger partial charge in [-0.2, -0.15) is 13.2 Å². The van der Waals surface area contributed by atoms with Crippen LogP contribution in [0, 0.1) is 0 Å². The second-order valence-corrected chi connectivity index (χ2v) is 2.83. The minimum atomic E-state index is -3.18. The molecular formula is C6H7F3O2S. The van der Waals surface area contributed by atoms with Gasteiger partial charge in [-0.3, -0.25) is 0 Å². The molecule has 0 aliphatic carbocycles. The van der Waals surface area contributed by atoms with Gasteiger partial charge in [-0.05, 0) is 6.26 Å². The Morgan fingerprint density at radius 1 is 1.67 bits per heavy atom. The third kappa shape index (κ3) is 4.27. The number of rotatable bonds is 4. The fraction of sp³-hybridized carbons (Fsp3) is 0.500. The van der Waals surface area contributed by atoms with E-state index in [-0.39, 0.29) is 11.8 Å². The van der Waals surface area contributed by atoms with Gasteiger partial charge in [-0.1, -0.05) is 18.3 Å². The van der Waals surface area contributed by atoms with Crippen LogP contribution in [-0.2, 0) is 9.53 Å². The Morgan fingerprint density at radius 2 is 2.17 bits per heavy atom. The van der Waals surface area contributed by atoms with Gasteiger partial charge in [0, 0.05) is 0 Å². The van der Waals surface area contributed by atoms with Crippen LogP contribution >= 0.6 is 11.8 Å². The Kier molecular flexibility index (Phi) is 4.16. The summed E-state index contributed by atoms with van der Waals surface area (Å²) >= 11 is 0.218. The van der Waals surface area contributed by atoms with E-state index in [0.29, 0.717) is 0 Å². The molecule has 2 nitrogen and oxygen atoms in total. The normalized spacial score (nSPS) is 11.0. The molecule has 0 radical (unpaired) electrons. The average molecular weight is 200 g/mol. The summed E-state index contributed by atoms with van der Waals surface area (Å²) in [7, 11) is 0. The number of hydrogen-bond acceptors (Lipinski definition) is 3. The Bertz CT molecular complexity index is 193. The van der Waals surface area contributed by atoms with Crippen molar-refractivity contribution in [1.82, 2.24) is 0 Å². The van der Waals surface area contributed by atoms with E-state index >= 15 is 0 Å². The maximum Gasteiger partial charge on any atom is 0.366 e. The first kappa shape index (κ1) is 11.4. The molecule has 0 aliphatic rings. The van der Waals surface area contributed by atoms with Crippen molar-refractivity contribution >= 4 is 17.7 Å². The number of ether oxygens (including phenoxy) is 1. The molecule has 0 N–H and O–H groups in total.